The molecule has 1 amide bonds. The van der Waals surface area contributed by atoms with E-state index in [1.807, 2.05) is 24.3 Å². The van der Waals surface area contributed by atoms with Gasteiger partial charge in [-0.25, -0.2) is 0 Å². The molecule has 0 aliphatic carbocycles. The summed E-state index contributed by atoms with van der Waals surface area (Å²) in [5.74, 6) is 0.877. The molecule has 0 aromatic heterocycles. The summed E-state index contributed by atoms with van der Waals surface area (Å²) in [5, 5.41) is 2.97. The Morgan fingerprint density at radius 3 is 2.52 bits per heavy atom. The van der Waals surface area contributed by atoms with Crippen LogP contribution in [0, 0.1) is 0 Å². The molecule has 1 aromatic carbocycles. The number of ether oxygens (including phenoxy) is 1. The van der Waals surface area contributed by atoms with E-state index < -0.39 is 0 Å². The van der Waals surface area contributed by atoms with Crippen LogP contribution in [0.4, 0.5) is 0 Å². The van der Waals surface area contributed by atoms with Crippen molar-refractivity contribution < 1.29 is 9.53 Å². The van der Waals surface area contributed by atoms with E-state index >= 15 is 0 Å². The van der Waals surface area contributed by atoms with Crippen molar-refractivity contribution in [2.45, 2.75) is 45.4 Å². The van der Waals surface area contributed by atoms with Gasteiger partial charge in [0.05, 0.1) is 6.42 Å². The molecule has 0 saturated heterocycles. The molecular formula is C17H28N2O2. The third-order valence-corrected chi connectivity index (χ3v) is 3.28. The highest BCUT2D eigenvalue weighted by molar-refractivity contribution is 5.78. The van der Waals surface area contributed by atoms with Gasteiger partial charge in [0.15, 0.2) is 0 Å². The minimum atomic E-state index is 0.0844. The van der Waals surface area contributed by atoms with E-state index in [1.165, 1.54) is 25.7 Å². The standard InChI is InChI=1S/C17H28N2O2/c1-2-3-4-5-6-12-19-17(20)14-15-7-9-16(10-8-15)21-13-11-18/h7-10H,2-6,11-14,18H2,1H3,(H,19,20). The van der Waals surface area contributed by atoms with Crippen LogP contribution >= 0.6 is 0 Å². The number of amides is 1. The summed E-state index contributed by atoms with van der Waals surface area (Å²) in [6.45, 7) is 3.99. The van der Waals surface area contributed by atoms with Gasteiger partial charge in [-0.1, -0.05) is 44.7 Å². The van der Waals surface area contributed by atoms with E-state index in [4.69, 9.17) is 10.5 Å². The molecule has 118 valence electrons. The van der Waals surface area contributed by atoms with Crippen molar-refractivity contribution in [2.75, 3.05) is 19.7 Å². The first-order valence-corrected chi connectivity index (χ1v) is 7.94. The van der Waals surface area contributed by atoms with Gasteiger partial charge in [0.1, 0.15) is 12.4 Å². The molecular weight excluding hydrogens is 264 g/mol. The Morgan fingerprint density at radius 1 is 1.14 bits per heavy atom. The van der Waals surface area contributed by atoms with E-state index in [1.54, 1.807) is 0 Å². The highest BCUT2D eigenvalue weighted by atomic mass is 16.5. The molecule has 21 heavy (non-hydrogen) atoms. The van der Waals surface area contributed by atoms with Crippen molar-refractivity contribution in [1.29, 1.82) is 0 Å². The van der Waals surface area contributed by atoms with Gasteiger partial charge in [0, 0.05) is 13.1 Å². The second-order valence-electron chi connectivity index (χ2n) is 5.22. The lowest BCUT2D eigenvalue weighted by Crippen LogP contribution is -2.26. The number of benzene rings is 1. The van der Waals surface area contributed by atoms with Crippen LogP contribution in [0.1, 0.15) is 44.6 Å². The summed E-state index contributed by atoms with van der Waals surface area (Å²) in [4.78, 5) is 11.8. The summed E-state index contributed by atoms with van der Waals surface area (Å²) in [6.07, 6.45) is 6.48. The highest BCUT2D eigenvalue weighted by Gasteiger charge is 2.03. The molecule has 0 unspecified atom stereocenters. The van der Waals surface area contributed by atoms with Crippen molar-refractivity contribution in [1.82, 2.24) is 5.32 Å². The zero-order valence-electron chi connectivity index (χ0n) is 13.1. The molecule has 4 heteroatoms. The number of nitrogens with two attached hydrogens (primary N) is 1. The number of carbonyl (C=O) groups is 1. The fourth-order valence-corrected chi connectivity index (χ4v) is 2.08. The Kier molecular flexibility index (Phi) is 9.29. The quantitative estimate of drug-likeness (QED) is 0.616. The molecule has 0 spiro atoms. The maximum atomic E-state index is 11.8. The molecule has 0 aliphatic heterocycles. The molecule has 1 aromatic rings. The number of rotatable bonds is 11. The molecule has 0 saturated carbocycles. The molecule has 0 atom stereocenters. The van der Waals surface area contributed by atoms with E-state index in [2.05, 4.69) is 12.2 Å². The second kappa shape index (κ2) is 11.1. The first-order chi connectivity index (χ1) is 10.3. The number of hydrogen-bond acceptors (Lipinski definition) is 3. The summed E-state index contributed by atoms with van der Waals surface area (Å²) in [5.41, 5.74) is 6.38. The largest absolute Gasteiger partial charge is 0.492 e. The third-order valence-electron chi connectivity index (χ3n) is 3.28. The van der Waals surface area contributed by atoms with E-state index in [-0.39, 0.29) is 5.91 Å². The van der Waals surface area contributed by atoms with Gasteiger partial charge >= 0.3 is 0 Å². The normalized spacial score (nSPS) is 10.4. The molecule has 0 aliphatic rings. The molecule has 0 radical (unpaired) electrons. The first-order valence-electron chi connectivity index (χ1n) is 7.94. The van der Waals surface area contributed by atoms with Gasteiger partial charge in [-0.2, -0.15) is 0 Å². The summed E-state index contributed by atoms with van der Waals surface area (Å²) < 4.78 is 5.40. The van der Waals surface area contributed by atoms with Crippen molar-refractivity contribution in [3.8, 4) is 5.75 Å². The van der Waals surface area contributed by atoms with Crippen molar-refractivity contribution in [3.63, 3.8) is 0 Å². The third kappa shape index (κ3) is 8.35. The summed E-state index contributed by atoms with van der Waals surface area (Å²) >= 11 is 0. The van der Waals surface area contributed by atoms with Crippen molar-refractivity contribution in [2.24, 2.45) is 5.73 Å². The van der Waals surface area contributed by atoms with E-state index in [0.717, 1.165) is 24.3 Å². The van der Waals surface area contributed by atoms with Crippen LogP contribution in [0.3, 0.4) is 0 Å². The topological polar surface area (TPSA) is 64.3 Å². The first kappa shape index (κ1) is 17.5. The zero-order chi connectivity index (χ0) is 15.3. The average molecular weight is 292 g/mol. The Hall–Kier alpha value is -1.55. The minimum Gasteiger partial charge on any atom is -0.492 e. The van der Waals surface area contributed by atoms with Crippen molar-refractivity contribution >= 4 is 5.91 Å². The SMILES string of the molecule is CCCCCCCNC(=O)Cc1ccc(OCCN)cc1. The predicted octanol–water partition coefficient (Wildman–Crippen LogP) is 2.65. The van der Waals surface area contributed by atoms with Gasteiger partial charge in [0.2, 0.25) is 5.91 Å². The maximum absolute atomic E-state index is 11.8. The van der Waals surface area contributed by atoms with Crippen LogP contribution in [0.15, 0.2) is 24.3 Å². The summed E-state index contributed by atoms with van der Waals surface area (Å²) in [6, 6.07) is 7.60. The lowest BCUT2D eigenvalue weighted by Gasteiger charge is -2.07. The Labute approximate surface area is 128 Å². The van der Waals surface area contributed by atoms with Gasteiger partial charge in [-0.3, -0.25) is 4.79 Å². The summed E-state index contributed by atoms with van der Waals surface area (Å²) in [7, 11) is 0. The van der Waals surface area contributed by atoms with Crippen LogP contribution in [-0.2, 0) is 11.2 Å². The van der Waals surface area contributed by atoms with Gasteiger partial charge in [-0.05, 0) is 24.1 Å². The zero-order valence-corrected chi connectivity index (χ0v) is 13.1. The van der Waals surface area contributed by atoms with Gasteiger partial charge in [-0.15, -0.1) is 0 Å². The van der Waals surface area contributed by atoms with Crippen molar-refractivity contribution in [3.05, 3.63) is 29.8 Å². The van der Waals surface area contributed by atoms with Crippen LogP contribution in [0.25, 0.3) is 0 Å². The molecule has 0 fully saturated rings. The fourth-order valence-electron chi connectivity index (χ4n) is 2.08. The highest BCUT2D eigenvalue weighted by Crippen LogP contribution is 2.12. The van der Waals surface area contributed by atoms with Crippen LogP contribution < -0.4 is 15.8 Å². The molecule has 3 N–H and O–H groups in total. The monoisotopic (exact) mass is 292 g/mol. The van der Waals surface area contributed by atoms with Crippen LogP contribution in [0.5, 0.6) is 5.75 Å². The Morgan fingerprint density at radius 2 is 1.86 bits per heavy atom. The molecule has 0 heterocycles. The second-order valence-corrected chi connectivity index (χ2v) is 5.22. The molecule has 4 nitrogen and oxygen atoms in total. The fraction of sp³-hybridized carbons (Fsp3) is 0.588. The van der Waals surface area contributed by atoms with E-state index in [9.17, 15) is 4.79 Å². The smallest absolute Gasteiger partial charge is 0.224 e. The molecule has 0 bridgehead atoms. The number of unbranched alkanes of at least 4 members (excludes halogenated alkanes) is 4. The van der Waals surface area contributed by atoms with E-state index in [0.29, 0.717) is 19.6 Å². The average Bonchev–Trinajstić information content (AvgIpc) is 2.50. The molecule has 1 rings (SSSR count). The lowest BCUT2D eigenvalue weighted by atomic mass is 10.1. The Bertz CT molecular complexity index is 390. The number of carbonyl (C=O) groups excluding carboxylic acids is 1. The lowest BCUT2D eigenvalue weighted by molar-refractivity contribution is -0.120. The van der Waals surface area contributed by atoms with Crippen LogP contribution in [-0.4, -0.2) is 25.6 Å². The predicted molar refractivity (Wildman–Crippen MR) is 86.5 cm³/mol. The number of hydrogen-bond donors (Lipinski definition) is 2. The minimum absolute atomic E-state index is 0.0844. The Balaban J connectivity index is 2.18. The van der Waals surface area contributed by atoms with Crippen LogP contribution in [0.2, 0.25) is 0 Å². The van der Waals surface area contributed by atoms with Gasteiger partial charge in [0.25, 0.3) is 0 Å². The van der Waals surface area contributed by atoms with Gasteiger partial charge < -0.3 is 15.8 Å². The number of nitrogens with one attached hydrogen (secondary N) is 1. The maximum Gasteiger partial charge on any atom is 0.224 e.